The van der Waals surface area contributed by atoms with Crippen LogP contribution in [0.25, 0.3) is 11.3 Å². The number of hydrogen-bond donors (Lipinski definition) is 0. The molecule has 128 valence electrons. The lowest BCUT2D eigenvalue weighted by Crippen LogP contribution is -2.37. The van der Waals surface area contributed by atoms with Crippen molar-refractivity contribution in [2.24, 2.45) is 0 Å². The highest BCUT2D eigenvalue weighted by Gasteiger charge is 2.25. The minimum Gasteiger partial charge on any atom is -0.368 e. The molecule has 1 aliphatic rings. The van der Waals surface area contributed by atoms with Crippen LogP contribution in [-0.4, -0.2) is 29.6 Å². The van der Waals surface area contributed by atoms with Gasteiger partial charge in [-0.25, -0.2) is 9.37 Å². The molecule has 0 spiro atoms. The van der Waals surface area contributed by atoms with Crippen molar-refractivity contribution in [2.75, 3.05) is 19.7 Å². The van der Waals surface area contributed by atoms with Crippen molar-refractivity contribution in [3.63, 3.8) is 0 Å². The maximum Gasteiger partial charge on any atom is 0.132 e. The number of rotatable bonds is 4. The van der Waals surface area contributed by atoms with Crippen LogP contribution in [0.5, 0.6) is 0 Å². The van der Waals surface area contributed by atoms with Crippen LogP contribution in [0.3, 0.4) is 0 Å². The van der Waals surface area contributed by atoms with Crippen LogP contribution in [0.1, 0.15) is 16.7 Å². The Morgan fingerprint density at radius 1 is 1.12 bits per heavy atom. The fraction of sp³-hybridized carbons (Fsp3) is 0.250. The summed E-state index contributed by atoms with van der Waals surface area (Å²) in [4.78, 5) is 7.02. The number of ether oxygens (including phenoxy) is 1. The van der Waals surface area contributed by atoms with Gasteiger partial charge in [0, 0.05) is 30.6 Å². The normalized spacial score (nSPS) is 18.4. The van der Waals surface area contributed by atoms with E-state index in [1.165, 1.54) is 23.0 Å². The summed E-state index contributed by atoms with van der Waals surface area (Å²) >= 11 is 1.54. The summed E-state index contributed by atoms with van der Waals surface area (Å²) in [5.41, 5.74) is 2.53. The van der Waals surface area contributed by atoms with Gasteiger partial charge < -0.3 is 4.74 Å². The van der Waals surface area contributed by atoms with E-state index in [1.807, 2.05) is 17.5 Å². The third-order valence-electron chi connectivity index (χ3n) is 4.35. The van der Waals surface area contributed by atoms with Gasteiger partial charge in [-0.05, 0) is 17.7 Å². The van der Waals surface area contributed by atoms with Gasteiger partial charge in [0.25, 0.3) is 0 Å². The van der Waals surface area contributed by atoms with E-state index in [0.717, 1.165) is 24.6 Å². The Kier molecular flexibility index (Phi) is 4.88. The summed E-state index contributed by atoms with van der Waals surface area (Å²) in [6, 6.07) is 17.2. The molecule has 1 unspecified atom stereocenters. The molecule has 1 saturated heterocycles. The molecule has 1 aliphatic heterocycles. The van der Waals surface area contributed by atoms with Crippen LogP contribution in [-0.2, 0) is 11.3 Å². The lowest BCUT2D eigenvalue weighted by Gasteiger charge is -2.32. The van der Waals surface area contributed by atoms with Gasteiger partial charge in [-0.3, -0.25) is 4.90 Å². The predicted molar refractivity (Wildman–Crippen MR) is 97.9 cm³/mol. The summed E-state index contributed by atoms with van der Waals surface area (Å²) < 4.78 is 19.9. The topological polar surface area (TPSA) is 25.4 Å². The standard InChI is InChI=1S/C20H19FN2OS/c21-17-9-5-4-8-16(17)18-14-25-20(22-18)19-13-23(10-11-24-19)12-15-6-2-1-3-7-15/h1-9,14,19H,10-13H2. The van der Waals surface area contributed by atoms with Crippen molar-refractivity contribution in [1.29, 1.82) is 0 Å². The van der Waals surface area contributed by atoms with Crippen LogP contribution in [0, 0.1) is 5.82 Å². The van der Waals surface area contributed by atoms with Crippen molar-refractivity contribution < 1.29 is 9.13 Å². The Morgan fingerprint density at radius 2 is 1.92 bits per heavy atom. The molecule has 5 heteroatoms. The first-order valence-corrected chi connectivity index (χ1v) is 9.26. The van der Waals surface area contributed by atoms with Gasteiger partial charge in [-0.15, -0.1) is 11.3 Å². The van der Waals surface area contributed by atoms with E-state index in [0.29, 0.717) is 17.9 Å². The number of aromatic nitrogens is 1. The molecule has 3 nitrogen and oxygen atoms in total. The van der Waals surface area contributed by atoms with E-state index >= 15 is 0 Å². The van der Waals surface area contributed by atoms with E-state index in [-0.39, 0.29) is 11.9 Å². The van der Waals surface area contributed by atoms with Crippen LogP contribution in [0.4, 0.5) is 4.39 Å². The van der Waals surface area contributed by atoms with Crippen molar-refractivity contribution in [1.82, 2.24) is 9.88 Å². The molecule has 2 aromatic carbocycles. The first-order valence-electron chi connectivity index (χ1n) is 8.38. The van der Waals surface area contributed by atoms with Crippen LogP contribution in [0.2, 0.25) is 0 Å². The molecule has 0 saturated carbocycles. The maximum absolute atomic E-state index is 14.0. The highest BCUT2D eigenvalue weighted by molar-refractivity contribution is 7.10. The zero-order chi connectivity index (χ0) is 17.1. The van der Waals surface area contributed by atoms with Crippen LogP contribution in [0.15, 0.2) is 60.0 Å². The molecule has 1 fully saturated rings. The number of nitrogens with zero attached hydrogens (tertiary/aromatic N) is 2. The summed E-state index contributed by atoms with van der Waals surface area (Å²) in [5, 5.41) is 2.82. The Balaban J connectivity index is 1.48. The third kappa shape index (κ3) is 3.79. The predicted octanol–water partition coefficient (Wildman–Crippen LogP) is 4.52. The van der Waals surface area contributed by atoms with Crippen molar-refractivity contribution in [3.8, 4) is 11.3 Å². The quantitative estimate of drug-likeness (QED) is 0.689. The van der Waals surface area contributed by atoms with Gasteiger partial charge >= 0.3 is 0 Å². The average molecular weight is 354 g/mol. The maximum atomic E-state index is 14.0. The fourth-order valence-electron chi connectivity index (χ4n) is 3.07. The van der Waals surface area contributed by atoms with E-state index in [2.05, 4.69) is 34.1 Å². The Morgan fingerprint density at radius 3 is 2.76 bits per heavy atom. The second kappa shape index (κ2) is 7.44. The Bertz CT molecular complexity index is 836. The monoisotopic (exact) mass is 354 g/mol. The Labute approximate surface area is 150 Å². The smallest absolute Gasteiger partial charge is 0.132 e. The SMILES string of the molecule is Fc1ccccc1-c1csc(C2CN(Cc3ccccc3)CCO2)n1. The van der Waals surface area contributed by atoms with Gasteiger partial charge in [-0.1, -0.05) is 42.5 Å². The van der Waals surface area contributed by atoms with Gasteiger partial charge in [0.2, 0.25) is 0 Å². The number of morpholine rings is 1. The molecule has 0 N–H and O–H groups in total. The number of thiazole rings is 1. The van der Waals surface area contributed by atoms with Gasteiger partial charge in [-0.2, -0.15) is 0 Å². The minimum atomic E-state index is -0.241. The van der Waals surface area contributed by atoms with E-state index in [1.54, 1.807) is 12.1 Å². The first-order chi connectivity index (χ1) is 12.3. The van der Waals surface area contributed by atoms with Gasteiger partial charge in [0.15, 0.2) is 0 Å². The molecule has 2 heterocycles. The average Bonchev–Trinajstić information content (AvgIpc) is 3.13. The fourth-order valence-corrected chi connectivity index (χ4v) is 3.92. The third-order valence-corrected chi connectivity index (χ3v) is 5.28. The van der Waals surface area contributed by atoms with E-state index < -0.39 is 0 Å². The van der Waals surface area contributed by atoms with E-state index in [4.69, 9.17) is 4.74 Å². The molecule has 1 atom stereocenters. The van der Waals surface area contributed by atoms with Crippen LogP contribution < -0.4 is 0 Å². The van der Waals surface area contributed by atoms with Gasteiger partial charge in [0.05, 0.1) is 12.3 Å². The molecule has 0 amide bonds. The molecule has 0 aliphatic carbocycles. The lowest BCUT2D eigenvalue weighted by molar-refractivity contribution is -0.0329. The number of hydrogen-bond acceptors (Lipinski definition) is 4. The molecule has 4 rings (SSSR count). The molecular weight excluding hydrogens is 335 g/mol. The number of benzene rings is 2. The minimum absolute atomic E-state index is 0.0528. The lowest BCUT2D eigenvalue weighted by atomic mass is 10.1. The zero-order valence-electron chi connectivity index (χ0n) is 13.8. The molecule has 0 bridgehead atoms. The molecule has 3 aromatic rings. The van der Waals surface area contributed by atoms with E-state index in [9.17, 15) is 4.39 Å². The highest BCUT2D eigenvalue weighted by Crippen LogP contribution is 2.30. The second-order valence-corrected chi connectivity index (χ2v) is 7.02. The Hall–Kier alpha value is -2.08. The van der Waals surface area contributed by atoms with Gasteiger partial charge in [0.1, 0.15) is 16.9 Å². The van der Waals surface area contributed by atoms with Crippen molar-refractivity contribution >= 4 is 11.3 Å². The first kappa shape index (κ1) is 16.4. The highest BCUT2D eigenvalue weighted by atomic mass is 32.1. The number of halogens is 1. The largest absolute Gasteiger partial charge is 0.368 e. The second-order valence-electron chi connectivity index (χ2n) is 6.13. The summed E-state index contributed by atoms with van der Waals surface area (Å²) in [6.45, 7) is 3.31. The molecule has 1 aromatic heterocycles. The summed E-state index contributed by atoms with van der Waals surface area (Å²) in [5.74, 6) is -0.241. The van der Waals surface area contributed by atoms with Crippen molar-refractivity contribution in [2.45, 2.75) is 12.6 Å². The zero-order valence-corrected chi connectivity index (χ0v) is 14.6. The summed E-state index contributed by atoms with van der Waals surface area (Å²) in [6.07, 6.45) is -0.0528. The molecular formula is C20H19FN2OS. The van der Waals surface area contributed by atoms with Crippen LogP contribution >= 0.6 is 11.3 Å². The molecule has 25 heavy (non-hydrogen) atoms. The van der Waals surface area contributed by atoms with Crippen molar-refractivity contribution in [3.05, 3.63) is 76.4 Å². The summed E-state index contributed by atoms with van der Waals surface area (Å²) in [7, 11) is 0. The molecule has 0 radical (unpaired) electrons.